The molecular weight excluding hydrogens is 409 g/mol. The van der Waals surface area contributed by atoms with E-state index in [1.807, 2.05) is 36.4 Å². The quantitative estimate of drug-likeness (QED) is 0.700. The highest BCUT2D eigenvalue weighted by atomic mass is 35.5. The lowest BCUT2D eigenvalue weighted by molar-refractivity contribution is -0.141. The van der Waals surface area contributed by atoms with E-state index in [1.165, 1.54) is 9.91 Å². The Morgan fingerprint density at radius 3 is 2.38 bits per heavy atom. The normalized spacial score (nSPS) is 18.5. The zero-order valence-corrected chi connectivity index (χ0v) is 17.5. The summed E-state index contributed by atoms with van der Waals surface area (Å²) in [6.07, 6.45) is 2.30. The number of carbonyl (C=O) groups is 2. The molecule has 1 atom stereocenters. The minimum absolute atomic E-state index is 0.0159. The Bertz CT molecular complexity index is 988. The molecule has 1 aliphatic heterocycles. The number of halogens is 2. The maximum Gasteiger partial charge on any atom is 0.262 e. The Morgan fingerprint density at radius 2 is 1.72 bits per heavy atom. The maximum atomic E-state index is 13.1. The number of rotatable bonds is 5. The molecular formula is C22H21Cl2N3O2. The first-order valence-electron chi connectivity index (χ1n) is 9.59. The van der Waals surface area contributed by atoms with Gasteiger partial charge in [0, 0.05) is 35.0 Å². The van der Waals surface area contributed by atoms with Crippen molar-refractivity contribution in [3.63, 3.8) is 0 Å². The lowest BCUT2D eigenvalue weighted by Gasteiger charge is -2.25. The van der Waals surface area contributed by atoms with Crippen molar-refractivity contribution >= 4 is 40.7 Å². The molecule has 0 bridgehead atoms. The molecule has 1 heterocycles. The summed E-state index contributed by atoms with van der Waals surface area (Å²) in [6.45, 7) is -0.0183. The minimum atomic E-state index is -0.341. The average Bonchev–Trinajstić information content (AvgIpc) is 3.47. The fraction of sp³-hybridized carbons (Fsp3) is 0.318. The highest BCUT2D eigenvalue weighted by Crippen LogP contribution is 2.37. The number of hydrogen-bond acceptors (Lipinski definition) is 3. The molecule has 0 aromatic heterocycles. The van der Waals surface area contributed by atoms with Crippen LogP contribution in [0.5, 0.6) is 0 Å². The number of likely N-dealkylation sites (N-methyl/N-ethyl adjacent to an activating group) is 1. The van der Waals surface area contributed by atoms with E-state index in [2.05, 4.69) is 5.10 Å². The number of amides is 2. The summed E-state index contributed by atoms with van der Waals surface area (Å²) < 4.78 is 0. The number of hydrogen-bond donors (Lipinski definition) is 0. The molecule has 4 rings (SSSR count). The molecule has 7 heteroatoms. The standard InChI is InChI=1S/C22H21Cl2N3O2/c1-26(22(29)14-10-11-14)13-21(28)27-20(16-7-3-5-9-18(16)24)12-19(25-27)15-6-2-4-8-17(15)23/h2-9,14,20H,10-13H2,1H3. The summed E-state index contributed by atoms with van der Waals surface area (Å²) in [5, 5.41) is 7.23. The summed E-state index contributed by atoms with van der Waals surface area (Å²) in [5.41, 5.74) is 2.35. The Morgan fingerprint density at radius 1 is 1.07 bits per heavy atom. The maximum absolute atomic E-state index is 13.1. The van der Waals surface area contributed by atoms with Crippen LogP contribution in [0.4, 0.5) is 0 Å². The van der Waals surface area contributed by atoms with E-state index >= 15 is 0 Å². The van der Waals surface area contributed by atoms with Crippen molar-refractivity contribution in [2.45, 2.75) is 25.3 Å². The molecule has 1 fully saturated rings. The SMILES string of the molecule is CN(CC(=O)N1N=C(c2ccccc2Cl)CC1c1ccccc1Cl)C(=O)C1CC1. The molecule has 1 aliphatic carbocycles. The minimum Gasteiger partial charge on any atom is -0.336 e. The highest BCUT2D eigenvalue weighted by Gasteiger charge is 2.37. The molecule has 0 saturated heterocycles. The second-order valence-electron chi connectivity index (χ2n) is 7.47. The van der Waals surface area contributed by atoms with E-state index in [4.69, 9.17) is 23.2 Å². The van der Waals surface area contributed by atoms with Gasteiger partial charge in [-0.3, -0.25) is 9.59 Å². The van der Waals surface area contributed by atoms with Crippen LogP contribution < -0.4 is 0 Å². The topological polar surface area (TPSA) is 53.0 Å². The lowest BCUT2D eigenvalue weighted by atomic mass is 9.98. The molecule has 0 radical (unpaired) electrons. The first-order valence-corrected chi connectivity index (χ1v) is 10.3. The van der Waals surface area contributed by atoms with Crippen LogP contribution in [0.1, 0.15) is 36.4 Å². The van der Waals surface area contributed by atoms with Gasteiger partial charge in [0.1, 0.15) is 6.54 Å². The largest absolute Gasteiger partial charge is 0.336 e. The van der Waals surface area contributed by atoms with E-state index in [0.717, 1.165) is 29.7 Å². The van der Waals surface area contributed by atoms with Crippen LogP contribution in [0.25, 0.3) is 0 Å². The van der Waals surface area contributed by atoms with Gasteiger partial charge < -0.3 is 4.90 Å². The van der Waals surface area contributed by atoms with Gasteiger partial charge in [-0.2, -0.15) is 5.10 Å². The van der Waals surface area contributed by atoms with Gasteiger partial charge in [0.25, 0.3) is 5.91 Å². The smallest absolute Gasteiger partial charge is 0.262 e. The summed E-state index contributed by atoms with van der Waals surface area (Å²) in [7, 11) is 1.66. The monoisotopic (exact) mass is 429 g/mol. The van der Waals surface area contributed by atoms with E-state index in [0.29, 0.717) is 16.5 Å². The van der Waals surface area contributed by atoms with Crippen LogP contribution in [0.2, 0.25) is 10.0 Å². The fourth-order valence-electron chi connectivity index (χ4n) is 3.58. The number of nitrogens with zero attached hydrogens (tertiary/aromatic N) is 3. The van der Waals surface area contributed by atoms with Crippen molar-refractivity contribution in [3.8, 4) is 0 Å². The Hall–Kier alpha value is -2.37. The van der Waals surface area contributed by atoms with Crippen LogP contribution in [-0.2, 0) is 9.59 Å². The van der Waals surface area contributed by atoms with Crippen molar-refractivity contribution in [2.24, 2.45) is 11.0 Å². The third-order valence-corrected chi connectivity index (χ3v) is 5.96. The molecule has 1 unspecified atom stereocenters. The highest BCUT2D eigenvalue weighted by molar-refractivity contribution is 6.34. The van der Waals surface area contributed by atoms with E-state index in [1.54, 1.807) is 19.2 Å². The summed E-state index contributed by atoms with van der Waals surface area (Å²) >= 11 is 12.8. The Labute approximate surface area is 179 Å². The van der Waals surface area contributed by atoms with Gasteiger partial charge in [-0.15, -0.1) is 0 Å². The van der Waals surface area contributed by atoms with Gasteiger partial charge in [0.15, 0.2) is 0 Å². The molecule has 2 aliphatic rings. The second-order valence-corrected chi connectivity index (χ2v) is 8.29. The van der Waals surface area contributed by atoms with Gasteiger partial charge in [-0.1, -0.05) is 59.6 Å². The van der Waals surface area contributed by atoms with Crippen molar-refractivity contribution in [1.29, 1.82) is 0 Å². The van der Waals surface area contributed by atoms with Crippen LogP contribution >= 0.6 is 23.2 Å². The predicted octanol–water partition coefficient (Wildman–Crippen LogP) is 4.54. The molecule has 5 nitrogen and oxygen atoms in total. The molecule has 150 valence electrons. The van der Waals surface area contributed by atoms with Gasteiger partial charge in [-0.25, -0.2) is 5.01 Å². The molecule has 1 saturated carbocycles. The number of benzene rings is 2. The Balaban J connectivity index is 1.64. The summed E-state index contributed by atoms with van der Waals surface area (Å²) in [6, 6.07) is 14.5. The van der Waals surface area contributed by atoms with Gasteiger partial charge in [0.05, 0.1) is 11.8 Å². The van der Waals surface area contributed by atoms with Crippen LogP contribution in [0.3, 0.4) is 0 Å². The zero-order chi connectivity index (χ0) is 20.5. The lowest BCUT2D eigenvalue weighted by Crippen LogP contribution is -2.39. The van der Waals surface area contributed by atoms with Gasteiger partial charge in [0.2, 0.25) is 5.91 Å². The van der Waals surface area contributed by atoms with Gasteiger partial charge in [-0.05, 0) is 30.5 Å². The van der Waals surface area contributed by atoms with Crippen LogP contribution in [0, 0.1) is 5.92 Å². The molecule has 2 aromatic rings. The average molecular weight is 430 g/mol. The third kappa shape index (κ3) is 4.16. The molecule has 0 N–H and O–H groups in total. The first kappa shape index (κ1) is 19.9. The first-order chi connectivity index (χ1) is 14.0. The summed E-state index contributed by atoms with van der Waals surface area (Å²) in [5.74, 6) is -0.163. The van der Waals surface area contributed by atoms with Crippen molar-refractivity contribution in [1.82, 2.24) is 9.91 Å². The number of hydrazone groups is 1. The van der Waals surface area contributed by atoms with E-state index < -0.39 is 0 Å². The molecule has 29 heavy (non-hydrogen) atoms. The van der Waals surface area contributed by atoms with Crippen molar-refractivity contribution in [2.75, 3.05) is 13.6 Å². The zero-order valence-electron chi connectivity index (χ0n) is 16.0. The number of carbonyl (C=O) groups excluding carboxylic acids is 2. The van der Waals surface area contributed by atoms with E-state index in [-0.39, 0.29) is 30.3 Å². The molecule has 2 amide bonds. The molecule has 2 aromatic carbocycles. The Kier molecular flexibility index (Phi) is 5.61. The van der Waals surface area contributed by atoms with Crippen LogP contribution in [-0.4, -0.2) is 41.0 Å². The second kappa shape index (κ2) is 8.17. The van der Waals surface area contributed by atoms with Crippen molar-refractivity contribution in [3.05, 3.63) is 69.7 Å². The van der Waals surface area contributed by atoms with E-state index in [9.17, 15) is 9.59 Å². The van der Waals surface area contributed by atoms with Crippen LogP contribution in [0.15, 0.2) is 53.6 Å². The van der Waals surface area contributed by atoms with Crippen molar-refractivity contribution < 1.29 is 9.59 Å². The third-order valence-electron chi connectivity index (χ3n) is 5.29. The fourth-order valence-corrected chi connectivity index (χ4v) is 4.09. The molecule has 0 spiro atoms. The summed E-state index contributed by atoms with van der Waals surface area (Å²) in [4.78, 5) is 26.9. The van der Waals surface area contributed by atoms with Gasteiger partial charge >= 0.3 is 0 Å². The predicted molar refractivity (Wildman–Crippen MR) is 114 cm³/mol.